The Morgan fingerprint density at radius 2 is 2.40 bits per heavy atom. The van der Waals surface area contributed by atoms with Gasteiger partial charge in [-0.15, -0.1) is 0 Å². The molecule has 0 aliphatic heterocycles. The van der Waals surface area contributed by atoms with Crippen LogP contribution < -0.4 is 5.32 Å². The Labute approximate surface area is 88.9 Å². The van der Waals surface area contributed by atoms with Crippen molar-refractivity contribution in [2.75, 3.05) is 19.8 Å². The lowest BCUT2D eigenvalue weighted by Crippen LogP contribution is -2.26. The Balaban J connectivity index is 2.20. The summed E-state index contributed by atoms with van der Waals surface area (Å²) in [6, 6.07) is 0. The zero-order valence-corrected chi connectivity index (χ0v) is 8.77. The molecule has 0 aromatic carbocycles. The molecule has 1 N–H and O–H groups in total. The number of carbonyl (C=O) groups is 1. The largest absolute Gasteiger partial charge is 0.382 e. The Bertz CT molecular complexity index is 290. The first-order chi connectivity index (χ1) is 7.34. The highest BCUT2D eigenvalue weighted by Crippen LogP contribution is 1.89. The van der Waals surface area contributed by atoms with E-state index < -0.39 is 0 Å². The molecule has 15 heavy (non-hydrogen) atoms. The molecule has 5 nitrogen and oxygen atoms in total. The third-order valence-electron chi connectivity index (χ3n) is 1.75. The summed E-state index contributed by atoms with van der Waals surface area (Å²) in [6.07, 6.45) is 5.28. The van der Waals surface area contributed by atoms with Gasteiger partial charge in [0.15, 0.2) is 0 Å². The smallest absolute Gasteiger partial charge is 0.271 e. The molecule has 0 saturated heterocycles. The highest BCUT2D eigenvalue weighted by molar-refractivity contribution is 5.91. The van der Waals surface area contributed by atoms with Crippen LogP contribution >= 0.6 is 0 Å². The number of amides is 1. The molecule has 1 amide bonds. The number of carbonyl (C=O) groups excluding carboxylic acids is 1. The van der Waals surface area contributed by atoms with Crippen LogP contribution in [-0.2, 0) is 4.74 Å². The second kappa shape index (κ2) is 6.89. The summed E-state index contributed by atoms with van der Waals surface area (Å²) >= 11 is 0. The number of aromatic nitrogens is 2. The number of ether oxygens (including phenoxy) is 1. The summed E-state index contributed by atoms with van der Waals surface area (Å²) in [5.41, 5.74) is 0.342. The van der Waals surface area contributed by atoms with Crippen LogP contribution in [0.1, 0.15) is 23.8 Å². The molecule has 5 heteroatoms. The van der Waals surface area contributed by atoms with Crippen LogP contribution in [0.5, 0.6) is 0 Å². The molecule has 0 saturated carbocycles. The van der Waals surface area contributed by atoms with Gasteiger partial charge in [0, 0.05) is 32.2 Å². The molecule has 0 radical (unpaired) electrons. The van der Waals surface area contributed by atoms with Gasteiger partial charge in [-0.3, -0.25) is 9.78 Å². The summed E-state index contributed by atoms with van der Waals surface area (Å²) in [5.74, 6) is -0.195. The minimum absolute atomic E-state index is 0.195. The fourth-order valence-electron chi connectivity index (χ4n) is 1.03. The molecule has 1 heterocycles. The number of nitrogens with zero attached hydrogens (tertiary/aromatic N) is 2. The lowest BCUT2D eigenvalue weighted by Gasteiger charge is -2.03. The van der Waals surface area contributed by atoms with Gasteiger partial charge in [0.05, 0.1) is 6.20 Å². The Morgan fingerprint density at radius 3 is 3.07 bits per heavy atom. The second-order valence-electron chi connectivity index (χ2n) is 2.90. The van der Waals surface area contributed by atoms with Crippen molar-refractivity contribution in [3.8, 4) is 0 Å². The maximum Gasteiger partial charge on any atom is 0.271 e. The Morgan fingerprint density at radius 1 is 1.53 bits per heavy atom. The van der Waals surface area contributed by atoms with Gasteiger partial charge in [0.2, 0.25) is 0 Å². The van der Waals surface area contributed by atoms with Gasteiger partial charge in [-0.25, -0.2) is 4.98 Å². The molecular weight excluding hydrogens is 194 g/mol. The maximum absolute atomic E-state index is 11.4. The SMILES string of the molecule is CCOCCCNC(=O)c1cnccn1. The molecule has 0 fully saturated rings. The van der Waals surface area contributed by atoms with Crippen LogP contribution in [0.4, 0.5) is 0 Å². The van der Waals surface area contributed by atoms with Crippen molar-refractivity contribution >= 4 is 5.91 Å². The van der Waals surface area contributed by atoms with Crippen molar-refractivity contribution in [1.29, 1.82) is 0 Å². The third-order valence-corrected chi connectivity index (χ3v) is 1.75. The molecule has 1 aromatic rings. The van der Waals surface area contributed by atoms with Crippen molar-refractivity contribution in [3.05, 3.63) is 24.3 Å². The molecule has 1 rings (SSSR count). The summed E-state index contributed by atoms with van der Waals surface area (Å²) < 4.78 is 5.14. The molecule has 0 atom stereocenters. The average Bonchev–Trinajstić information content (AvgIpc) is 2.30. The number of hydrogen-bond acceptors (Lipinski definition) is 4. The van der Waals surface area contributed by atoms with Gasteiger partial charge in [-0.2, -0.15) is 0 Å². The van der Waals surface area contributed by atoms with Crippen LogP contribution in [0, 0.1) is 0 Å². The lowest BCUT2D eigenvalue weighted by atomic mass is 10.4. The van der Waals surface area contributed by atoms with Gasteiger partial charge in [0.1, 0.15) is 5.69 Å². The van der Waals surface area contributed by atoms with Crippen LogP contribution in [0.2, 0.25) is 0 Å². The van der Waals surface area contributed by atoms with Gasteiger partial charge in [0.25, 0.3) is 5.91 Å². The molecule has 82 valence electrons. The van der Waals surface area contributed by atoms with Crippen molar-refractivity contribution in [2.45, 2.75) is 13.3 Å². The predicted molar refractivity (Wildman–Crippen MR) is 55.5 cm³/mol. The highest BCUT2D eigenvalue weighted by atomic mass is 16.5. The number of nitrogens with one attached hydrogen (secondary N) is 1. The fraction of sp³-hybridized carbons (Fsp3) is 0.500. The summed E-state index contributed by atoms with van der Waals surface area (Å²) in [5, 5.41) is 2.74. The normalized spacial score (nSPS) is 9.93. The van der Waals surface area contributed by atoms with Gasteiger partial charge < -0.3 is 10.1 Å². The van der Waals surface area contributed by atoms with Crippen LogP contribution in [-0.4, -0.2) is 35.6 Å². The van der Waals surface area contributed by atoms with Crippen molar-refractivity contribution in [1.82, 2.24) is 15.3 Å². The third kappa shape index (κ3) is 4.51. The van der Waals surface area contributed by atoms with E-state index in [2.05, 4.69) is 15.3 Å². The van der Waals surface area contributed by atoms with Gasteiger partial charge in [-0.05, 0) is 13.3 Å². The number of rotatable bonds is 6. The predicted octanol–water partition coefficient (Wildman–Crippen LogP) is 0.633. The zero-order valence-electron chi connectivity index (χ0n) is 8.77. The topological polar surface area (TPSA) is 64.1 Å². The molecule has 0 aliphatic rings. The molecule has 0 unspecified atom stereocenters. The molecule has 0 bridgehead atoms. The first-order valence-electron chi connectivity index (χ1n) is 4.96. The monoisotopic (exact) mass is 209 g/mol. The van der Waals surface area contributed by atoms with E-state index in [1.54, 1.807) is 0 Å². The van der Waals surface area contributed by atoms with Crippen LogP contribution in [0.3, 0.4) is 0 Å². The molecule has 1 aromatic heterocycles. The van der Waals surface area contributed by atoms with Crippen LogP contribution in [0.25, 0.3) is 0 Å². The molecular formula is C10H15N3O2. The lowest BCUT2D eigenvalue weighted by molar-refractivity contribution is 0.0939. The highest BCUT2D eigenvalue weighted by Gasteiger charge is 2.04. The average molecular weight is 209 g/mol. The van der Waals surface area contributed by atoms with Crippen molar-refractivity contribution in [3.63, 3.8) is 0 Å². The van der Waals surface area contributed by atoms with E-state index >= 15 is 0 Å². The molecule has 0 aliphatic carbocycles. The summed E-state index contributed by atoms with van der Waals surface area (Å²) in [6.45, 7) is 3.91. The molecule has 0 spiro atoms. The van der Waals surface area contributed by atoms with E-state index in [0.29, 0.717) is 25.5 Å². The Hall–Kier alpha value is -1.49. The zero-order chi connectivity index (χ0) is 10.9. The second-order valence-corrected chi connectivity index (χ2v) is 2.90. The van der Waals surface area contributed by atoms with E-state index in [1.807, 2.05) is 6.92 Å². The van der Waals surface area contributed by atoms with E-state index in [4.69, 9.17) is 4.74 Å². The van der Waals surface area contributed by atoms with Gasteiger partial charge >= 0.3 is 0 Å². The van der Waals surface area contributed by atoms with Gasteiger partial charge in [-0.1, -0.05) is 0 Å². The van der Waals surface area contributed by atoms with E-state index in [0.717, 1.165) is 6.42 Å². The van der Waals surface area contributed by atoms with E-state index in [1.165, 1.54) is 18.6 Å². The Kier molecular flexibility index (Phi) is 5.32. The minimum atomic E-state index is -0.195. The minimum Gasteiger partial charge on any atom is -0.382 e. The first-order valence-corrected chi connectivity index (χ1v) is 4.96. The summed E-state index contributed by atoms with van der Waals surface area (Å²) in [4.78, 5) is 19.1. The first kappa shape index (κ1) is 11.6. The fourth-order valence-corrected chi connectivity index (χ4v) is 1.03. The van der Waals surface area contributed by atoms with Crippen LogP contribution in [0.15, 0.2) is 18.6 Å². The van der Waals surface area contributed by atoms with E-state index in [-0.39, 0.29) is 5.91 Å². The standard InChI is InChI=1S/C10H15N3O2/c1-2-15-7-3-4-13-10(14)9-8-11-5-6-12-9/h5-6,8H,2-4,7H2,1H3,(H,13,14). The van der Waals surface area contributed by atoms with Crippen molar-refractivity contribution in [2.24, 2.45) is 0 Å². The van der Waals surface area contributed by atoms with E-state index in [9.17, 15) is 4.79 Å². The summed E-state index contributed by atoms with van der Waals surface area (Å²) in [7, 11) is 0. The quantitative estimate of drug-likeness (QED) is 0.698. The maximum atomic E-state index is 11.4. The number of hydrogen-bond donors (Lipinski definition) is 1. The van der Waals surface area contributed by atoms with Crippen molar-refractivity contribution < 1.29 is 9.53 Å².